The van der Waals surface area contributed by atoms with Crippen LogP contribution in [0.15, 0.2) is 66.7 Å². The number of aryl methyl sites for hydroxylation is 3. The van der Waals surface area contributed by atoms with Crippen molar-refractivity contribution in [1.82, 2.24) is 19.6 Å². The molecule has 0 amide bonds. The molecule has 43 heavy (non-hydrogen) atoms. The topological polar surface area (TPSA) is 61.6 Å². The third-order valence-electron chi connectivity index (χ3n) is 10.6. The first-order chi connectivity index (χ1) is 21.1. The van der Waals surface area contributed by atoms with Gasteiger partial charge in [-0.2, -0.15) is 5.10 Å². The lowest BCUT2D eigenvalue weighted by Gasteiger charge is -2.35. The second kappa shape index (κ2) is 14.2. The lowest BCUT2D eigenvalue weighted by molar-refractivity contribution is -0.145. The van der Waals surface area contributed by atoms with Gasteiger partial charge in [-0.15, -0.1) is 0 Å². The minimum atomic E-state index is -0.616. The minimum absolute atomic E-state index is 0.289. The van der Waals surface area contributed by atoms with E-state index in [9.17, 15) is 9.90 Å². The van der Waals surface area contributed by atoms with Gasteiger partial charge < -0.3 is 10.0 Å². The molecule has 0 radical (unpaired) electrons. The molecule has 3 aliphatic rings. The lowest BCUT2D eigenvalue weighted by Crippen LogP contribution is -2.46. The molecule has 2 saturated heterocycles. The van der Waals surface area contributed by atoms with Crippen molar-refractivity contribution in [3.05, 3.63) is 89.2 Å². The molecule has 230 valence electrons. The second-order valence-corrected chi connectivity index (χ2v) is 13.4. The Morgan fingerprint density at radius 2 is 1.60 bits per heavy atom. The Labute approximate surface area is 258 Å². The van der Waals surface area contributed by atoms with Gasteiger partial charge in [-0.1, -0.05) is 86.8 Å². The normalized spacial score (nSPS) is 23.5. The number of nitrogens with zero attached hydrogens (tertiary/aromatic N) is 4. The summed E-state index contributed by atoms with van der Waals surface area (Å²) in [6.07, 6.45) is 11.0. The number of benzene rings is 2. The van der Waals surface area contributed by atoms with Crippen LogP contribution in [0.3, 0.4) is 0 Å². The number of carbonyl (C=O) groups is 1. The van der Waals surface area contributed by atoms with Crippen LogP contribution in [0.4, 0.5) is 0 Å². The van der Waals surface area contributed by atoms with Crippen LogP contribution in [-0.2, 0) is 24.1 Å². The van der Waals surface area contributed by atoms with Gasteiger partial charge in [0, 0.05) is 44.3 Å². The fourth-order valence-corrected chi connectivity index (χ4v) is 8.29. The maximum Gasteiger partial charge on any atom is 0.321 e. The highest BCUT2D eigenvalue weighted by molar-refractivity contribution is 5.74. The Hall–Kier alpha value is -2.96. The van der Waals surface area contributed by atoms with Crippen molar-refractivity contribution in [3.8, 4) is 0 Å². The van der Waals surface area contributed by atoms with E-state index in [1.54, 1.807) is 0 Å². The molecule has 3 atom stereocenters. The van der Waals surface area contributed by atoms with E-state index in [1.807, 2.05) is 0 Å². The molecule has 3 aromatic rings. The molecule has 1 aliphatic carbocycles. The fourth-order valence-electron chi connectivity index (χ4n) is 8.29. The van der Waals surface area contributed by atoms with Gasteiger partial charge in [-0.25, -0.2) is 0 Å². The van der Waals surface area contributed by atoms with Crippen LogP contribution < -0.4 is 0 Å². The Balaban J connectivity index is 1.10. The number of hydrogen-bond donors (Lipinski definition) is 1. The van der Waals surface area contributed by atoms with Crippen molar-refractivity contribution in [2.24, 2.45) is 11.8 Å². The summed E-state index contributed by atoms with van der Waals surface area (Å²) in [5.41, 5.74) is 5.31. The SMILES string of the molecule is CCc1cc(CCc2ccccc2)nn1C1CCN(C[C@H]2CN([C@@H](C(=O)O)C3CCCCC3)CC2c2ccccc2)CC1. The van der Waals surface area contributed by atoms with Gasteiger partial charge in [0.1, 0.15) is 6.04 Å². The number of piperidine rings is 1. The minimum Gasteiger partial charge on any atom is -0.480 e. The van der Waals surface area contributed by atoms with Crippen molar-refractivity contribution in [2.45, 2.75) is 89.1 Å². The molecule has 0 bridgehead atoms. The molecule has 6 nitrogen and oxygen atoms in total. The number of hydrogen-bond acceptors (Lipinski definition) is 4. The number of carboxylic acid groups (broad SMARTS) is 1. The quantitative estimate of drug-likeness (QED) is 0.276. The third kappa shape index (κ3) is 7.24. The number of rotatable bonds is 11. The maximum absolute atomic E-state index is 12.6. The standard InChI is InChI=1S/C37H50N4O2/c1-2-33-24-32(19-18-28-12-6-3-7-13-28)38-41(33)34-20-22-39(23-21-34)25-31-26-40(27-35(31)29-14-8-4-9-15-29)36(37(42)43)30-16-10-5-11-17-30/h3-4,6-9,12-15,24,30-31,34-36H,2,5,10-11,16-23,25-27H2,1H3,(H,42,43)/t31-,35?,36+/m0/s1. The zero-order chi connectivity index (χ0) is 29.6. The molecule has 1 N–H and O–H groups in total. The molecule has 1 saturated carbocycles. The van der Waals surface area contributed by atoms with Gasteiger partial charge in [0.2, 0.25) is 0 Å². The molecule has 6 heteroatoms. The molecule has 6 rings (SSSR count). The largest absolute Gasteiger partial charge is 0.480 e. The zero-order valence-electron chi connectivity index (χ0n) is 26.0. The van der Waals surface area contributed by atoms with Gasteiger partial charge in [0.05, 0.1) is 11.7 Å². The smallest absolute Gasteiger partial charge is 0.321 e. The van der Waals surface area contributed by atoms with E-state index in [-0.39, 0.29) is 12.0 Å². The molecular weight excluding hydrogens is 532 g/mol. The Kier molecular flexibility index (Phi) is 9.95. The summed E-state index contributed by atoms with van der Waals surface area (Å²) in [6.45, 7) is 7.19. The number of aliphatic carboxylic acids is 1. The number of aromatic nitrogens is 2. The molecule has 3 fully saturated rings. The number of carboxylic acids is 1. The van der Waals surface area contributed by atoms with Crippen LogP contribution in [0.1, 0.15) is 86.3 Å². The first-order valence-electron chi connectivity index (χ1n) is 16.9. The Morgan fingerprint density at radius 3 is 2.28 bits per heavy atom. The van der Waals surface area contributed by atoms with E-state index < -0.39 is 5.97 Å². The van der Waals surface area contributed by atoms with Crippen molar-refractivity contribution in [2.75, 3.05) is 32.7 Å². The molecule has 2 aromatic carbocycles. The van der Waals surface area contributed by atoms with Gasteiger partial charge in [0.25, 0.3) is 0 Å². The average Bonchev–Trinajstić information content (AvgIpc) is 3.66. The van der Waals surface area contributed by atoms with Crippen LogP contribution in [-0.4, -0.2) is 69.4 Å². The van der Waals surface area contributed by atoms with E-state index >= 15 is 0 Å². The van der Waals surface area contributed by atoms with Gasteiger partial charge in [-0.05, 0) is 74.0 Å². The van der Waals surface area contributed by atoms with Crippen LogP contribution >= 0.6 is 0 Å². The Morgan fingerprint density at radius 1 is 0.907 bits per heavy atom. The molecule has 2 aliphatic heterocycles. The van der Waals surface area contributed by atoms with Gasteiger partial charge >= 0.3 is 5.97 Å². The van der Waals surface area contributed by atoms with E-state index in [0.717, 1.165) is 77.7 Å². The third-order valence-corrected chi connectivity index (χ3v) is 10.6. The van der Waals surface area contributed by atoms with Crippen LogP contribution in [0.2, 0.25) is 0 Å². The summed E-state index contributed by atoms with van der Waals surface area (Å²) in [4.78, 5) is 17.6. The highest BCUT2D eigenvalue weighted by Crippen LogP contribution is 2.39. The zero-order valence-corrected chi connectivity index (χ0v) is 26.0. The highest BCUT2D eigenvalue weighted by Gasteiger charge is 2.43. The monoisotopic (exact) mass is 582 g/mol. The van der Waals surface area contributed by atoms with Crippen molar-refractivity contribution in [3.63, 3.8) is 0 Å². The lowest BCUT2D eigenvalue weighted by atomic mass is 9.83. The second-order valence-electron chi connectivity index (χ2n) is 13.4. The predicted octanol–water partition coefficient (Wildman–Crippen LogP) is 6.62. The van der Waals surface area contributed by atoms with Crippen molar-refractivity contribution >= 4 is 5.97 Å². The summed E-state index contributed by atoms with van der Waals surface area (Å²) in [5, 5.41) is 15.5. The summed E-state index contributed by atoms with van der Waals surface area (Å²) < 4.78 is 2.35. The maximum atomic E-state index is 12.6. The summed E-state index contributed by atoms with van der Waals surface area (Å²) in [6, 6.07) is 24.0. The Bertz CT molecular complexity index is 1290. The van der Waals surface area contributed by atoms with Crippen LogP contribution in [0, 0.1) is 11.8 Å². The summed E-state index contributed by atoms with van der Waals surface area (Å²) in [5.74, 6) is 0.505. The summed E-state index contributed by atoms with van der Waals surface area (Å²) in [7, 11) is 0. The van der Waals surface area contributed by atoms with Crippen LogP contribution in [0.5, 0.6) is 0 Å². The van der Waals surface area contributed by atoms with E-state index in [2.05, 4.69) is 88.1 Å². The highest BCUT2D eigenvalue weighted by atomic mass is 16.4. The number of likely N-dealkylation sites (tertiary alicyclic amines) is 2. The predicted molar refractivity (Wildman–Crippen MR) is 172 cm³/mol. The average molecular weight is 583 g/mol. The molecule has 3 heterocycles. The van der Waals surface area contributed by atoms with Crippen molar-refractivity contribution in [1.29, 1.82) is 0 Å². The van der Waals surface area contributed by atoms with E-state index in [0.29, 0.717) is 17.9 Å². The first-order valence-corrected chi connectivity index (χ1v) is 16.9. The van der Waals surface area contributed by atoms with E-state index in [1.165, 1.54) is 41.8 Å². The van der Waals surface area contributed by atoms with Crippen molar-refractivity contribution < 1.29 is 9.90 Å². The molecule has 1 aromatic heterocycles. The molecule has 0 spiro atoms. The van der Waals surface area contributed by atoms with Crippen LogP contribution in [0.25, 0.3) is 0 Å². The van der Waals surface area contributed by atoms with Gasteiger partial charge in [0.15, 0.2) is 0 Å². The van der Waals surface area contributed by atoms with E-state index in [4.69, 9.17) is 5.10 Å². The molecular formula is C37H50N4O2. The van der Waals surface area contributed by atoms with Gasteiger partial charge in [-0.3, -0.25) is 14.4 Å². The first kappa shape index (κ1) is 30.1. The molecule has 1 unspecified atom stereocenters. The fraction of sp³-hybridized carbons (Fsp3) is 0.568. The summed E-state index contributed by atoms with van der Waals surface area (Å²) >= 11 is 0.